The summed E-state index contributed by atoms with van der Waals surface area (Å²) in [7, 11) is 0. The number of hydrogen-bond acceptors (Lipinski definition) is 5. The number of pyridine rings is 1. The number of aromatic nitrogens is 6. The highest BCUT2D eigenvalue weighted by molar-refractivity contribution is 5.83. The maximum Gasteiger partial charge on any atom is 0.220 e. The summed E-state index contributed by atoms with van der Waals surface area (Å²) in [5, 5.41) is 7.68. The monoisotopic (exact) mass is 411 g/mol. The Balaban J connectivity index is 1.57. The number of aryl methyl sites for hydroxylation is 2. The van der Waals surface area contributed by atoms with Gasteiger partial charge in [0.15, 0.2) is 0 Å². The Morgan fingerprint density at radius 3 is 3.03 bits per heavy atom. The molecule has 5 heterocycles. The molecule has 1 aliphatic carbocycles. The summed E-state index contributed by atoms with van der Waals surface area (Å²) in [6.45, 7) is 3.06. The lowest BCUT2D eigenvalue weighted by molar-refractivity contribution is -0.121. The molecule has 0 radical (unpaired) electrons. The summed E-state index contributed by atoms with van der Waals surface area (Å²) in [6.07, 6.45) is 9.95. The number of rotatable bonds is 0. The lowest BCUT2D eigenvalue weighted by atomic mass is 10.1. The van der Waals surface area contributed by atoms with Crippen LogP contribution in [0.3, 0.4) is 0 Å². The number of hydrogen-bond donors (Lipinski definition) is 1. The molecule has 2 aliphatic rings. The number of fused-ring (bicyclic) bond motifs is 8. The predicted octanol–water partition coefficient (Wildman–Crippen LogP) is 2.69. The van der Waals surface area contributed by atoms with Crippen molar-refractivity contribution in [1.29, 1.82) is 0 Å². The fourth-order valence-corrected chi connectivity index (χ4v) is 4.43. The second-order valence-electron chi connectivity index (χ2n) is 7.98. The van der Waals surface area contributed by atoms with Crippen LogP contribution in [0.25, 0.3) is 22.6 Å². The normalized spacial score (nSPS) is 15.8. The van der Waals surface area contributed by atoms with Crippen molar-refractivity contribution in [2.45, 2.75) is 39.3 Å². The Kier molecular flexibility index (Phi) is 3.99. The van der Waals surface area contributed by atoms with E-state index in [0.717, 1.165) is 63.8 Å². The highest BCUT2D eigenvalue weighted by Gasteiger charge is 2.25. The smallest absolute Gasteiger partial charge is 0.220 e. The molecule has 8 nitrogen and oxygen atoms in total. The van der Waals surface area contributed by atoms with Gasteiger partial charge in [0.05, 0.1) is 41.2 Å². The minimum absolute atomic E-state index is 0.00537. The molecule has 0 fully saturated rings. The lowest BCUT2D eigenvalue weighted by Gasteiger charge is -2.09. The van der Waals surface area contributed by atoms with Crippen LogP contribution in [-0.4, -0.2) is 35.0 Å². The fraction of sp³-hybridized carbons (Fsp3) is 0.261. The van der Waals surface area contributed by atoms with E-state index < -0.39 is 0 Å². The highest BCUT2D eigenvalue weighted by atomic mass is 16.1. The Hall–Kier alpha value is -3.81. The predicted molar refractivity (Wildman–Crippen MR) is 115 cm³/mol. The molecule has 31 heavy (non-hydrogen) atoms. The van der Waals surface area contributed by atoms with Gasteiger partial charge < -0.3 is 5.32 Å². The first kappa shape index (κ1) is 18.0. The van der Waals surface area contributed by atoms with Gasteiger partial charge in [0.2, 0.25) is 5.91 Å². The van der Waals surface area contributed by atoms with Crippen LogP contribution >= 0.6 is 0 Å². The van der Waals surface area contributed by atoms with Crippen molar-refractivity contribution >= 4 is 17.1 Å². The number of nitrogens with zero attached hydrogens (tertiary/aromatic N) is 6. The van der Waals surface area contributed by atoms with Crippen LogP contribution in [0, 0.1) is 6.92 Å². The van der Waals surface area contributed by atoms with Crippen molar-refractivity contribution in [3.05, 3.63) is 71.2 Å². The molecule has 0 unspecified atom stereocenters. The zero-order valence-electron chi connectivity index (χ0n) is 17.2. The summed E-state index contributed by atoms with van der Waals surface area (Å²) >= 11 is 0. The Morgan fingerprint density at radius 2 is 2.10 bits per heavy atom. The van der Waals surface area contributed by atoms with Crippen molar-refractivity contribution in [1.82, 2.24) is 34.4 Å². The zero-order valence-corrected chi connectivity index (χ0v) is 17.2. The van der Waals surface area contributed by atoms with E-state index in [4.69, 9.17) is 15.0 Å². The first-order valence-corrected chi connectivity index (χ1v) is 10.5. The van der Waals surface area contributed by atoms with Crippen LogP contribution in [0.4, 0.5) is 0 Å². The van der Waals surface area contributed by atoms with Gasteiger partial charge in [0.25, 0.3) is 0 Å². The molecule has 1 amide bonds. The van der Waals surface area contributed by atoms with Gasteiger partial charge in [-0.1, -0.05) is 12.1 Å². The van der Waals surface area contributed by atoms with E-state index in [1.54, 1.807) is 0 Å². The van der Waals surface area contributed by atoms with Crippen molar-refractivity contribution in [3.63, 3.8) is 0 Å². The molecule has 0 aromatic carbocycles. The molecule has 0 atom stereocenters. The second kappa shape index (κ2) is 6.87. The van der Waals surface area contributed by atoms with Crippen molar-refractivity contribution < 1.29 is 4.79 Å². The van der Waals surface area contributed by atoms with Gasteiger partial charge in [-0.15, -0.1) is 0 Å². The average Bonchev–Trinajstić information content (AvgIpc) is 3.45. The van der Waals surface area contributed by atoms with E-state index in [2.05, 4.69) is 22.7 Å². The van der Waals surface area contributed by atoms with Gasteiger partial charge in [-0.2, -0.15) is 5.10 Å². The maximum atomic E-state index is 12.4. The van der Waals surface area contributed by atoms with E-state index >= 15 is 0 Å². The van der Waals surface area contributed by atoms with Crippen LogP contribution in [0.5, 0.6) is 0 Å². The van der Waals surface area contributed by atoms with E-state index in [1.165, 1.54) is 0 Å². The Labute approximate surface area is 178 Å². The molecule has 1 aliphatic heterocycles. The van der Waals surface area contributed by atoms with E-state index in [0.29, 0.717) is 19.5 Å². The number of amides is 1. The summed E-state index contributed by atoms with van der Waals surface area (Å²) in [5.74, 6) is 0.00537. The first-order valence-electron chi connectivity index (χ1n) is 10.5. The van der Waals surface area contributed by atoms with Gasteiger partial charge in [0.1, 0.15) is 11.3 Å². The number of carbonyl (C=O) groups is 1. The van der Waals surface area contributed by atoms with Gasteiger partial charge in [0, 0.05) is 42.9 Å². The molecular formula is C23H21N7O. The topological polar surface area (TPSA) is 90.0 Å². The van der Waals surface area contributed by atoms with E-state index in [9.17, 15) is 4.79 Å². The minimum atomic E-state index is 0.00537. The Bertz CT molecular complexity index is 1380. The highest BCUT2D eigenvalue weighted by Crippen LogP contribution is 2.34. The standard InChI is InChI=1S/C23H21N7O/c1-14-16-13-29(28-14)9-4-6-21(31)25-12-18-23(30-10-3-2-5-20(30)26-18)19-11-24-17-8-7-15(16)22(17)27-19/h2-3,5,7,10-11,13H,4,6,8-9,12H2,1H3,(H,25,31). The maximum absolute atomic E-state index is 12.4. The molecule has 0 spiro atoms. The SMILES string of the molecule is Cc1nn2cc1C1=CCc3ncc(nc31)-c1c(nc3ccccn13)CNC(=O)CCC2. The number of nitrogens with one attached hydrogen (secondary N) is 1. The van der Waals surface area contributed by atoms with Crippen LogP contribution in [-0.2, 0) is 24.3 Å². The molecule has 4 aromatic heterocycles. The second-order valence-corrected chi connectivity index (χ2v) is 7.98. The van der Waals surface area contributed by atoms with Crippen molar-refractivity contribution in [3.8, 4) is 11.4 Å². The summed E-state index contributed by atoms with van der Waals surface area (Å²) in [6, 6.07) is 5.88. The molecule has 8 heteroatoms. The van der Waals surface area contributed by atoms with Crippen LogP contribution in [0.15, 0.2) is 42.9 Å². The Morgan fingerprint density at radius 1 is 1.16 bits per heavy atom. The summed E-state index contributed by atoms with van der Waals surface area (Å²) in [4.78, 5) is 27.0. The van der Waals surface area contributed by atoms with Crippen molar-refractivity contribution in [2.75, 3.05) is 0 Å². The number of allylic oxidation sites excluding steroid dienone is 1. The van der Waals surface area contributed by atoms with Gasteiger partial charge in [-0.05, 0) is 25.5 Å². The van der Waals surface area contributed by atoms with E-state index in [1.807, 2.05) is 46.6 Å². The molecule has 0 saturated heterocycles. The lowest BCUT2D eigenvalue weighted by Crippen LogP contribution is -2.23. The van der Waals surface area contributed by atoms with Crippen LogP contribution in [0.2, 0.25) is 0 Å². The number of carbonyl (C=O) groups excluding carboxylic acids is 1. The molecule has 6 rings (SSSR count). The average molecular weight is 411 g/mol. The van der Waals surface area contributed by atoms with Crippen molar-refractivity contribution in [2.24, 2.45) is 0 Å². The van der Waals surface area contributed by atoms with Crippen LogP contribution in [0.1, 0.15) is 41.2 Å². The van der Waals surface area contributed by atoms with Gasteiger partial charge in [-0.3, -0.25) is 18.9 Å². The molecule has 1 N–H and O–H groups in total. The molecular weight excluding hydrogens is 390 g/mol. The third kappa shape index (κ3) is 2.94. The molecule has 4 aromatic rings. The number of imidazole rings is 1. The van der Waals surface area contributed by atoms with Gasteiger partial charge in [-0.25, -0.2) is 9.97 Å². The van der Waals surface area contributed by atoms with Crippen LogP contribution < -0.4 is 5.32 Å². The van der Waals surface area contributed by atoms with Gasteiger partial charge >= 0.3 is 0 Å². The quantitative estimate of drug-likeness (QED) is 0.481. The minimum Gasteiger partial charge on any atom is -0.350 e. The summed E-state index contributed by atoms with van der Waals surface area (Å²) < 4.78 is 3.94. The molecule has 0 saturated carbocycles. The first-order chi connectivity index (χ1) is 15.2. The third-order valence-corrected chi connectivity index (χ3v) is 5.93. The zero-order chi connectivity index (χ0) is 20.9. The third-order valence-electron chi connectivity index (χ3n) is 5.93. The largest absolute Gasteiger partial charge is 0.350 e. The summed E-state index contributed by atoms with van der Waals surface area (Å²) in [5.41, 5.74) is 8.19. The molecule has 4 bridgehead atoms. The van der Waals surface area contributed by atoms with E-state index in [-0.39, 0.29) is 5.91 Å². The fourth-order valence-electron chi connectivity index (χ4n) is 4.43. The molecule has 154 valence electrons.